The fraction of sp³-hybridized carbons (Fsp3) is 0.143. The zero-order valence-corrected chi connectivity index (χ0v) is 8.62. The lowest BCUT2D eigenvalue weighted by atomic mass is 10.2. The van der Waals surface area contributed by atoms with Gasteiger partial charge in [-0.15, -0.1) is 0 Å². The molecule has 3 nitrogen and oxygen atoms in total. The van der Waals surface area contributed by atoms with E-state index in [1.54, 1.807) is 0 Å². The minimum atomic E-state index is -4.63. The number of nitrogens with two attached hydrogens (primary N) is 1. The van der Waals surface area contributed by atoms with Crippen molar-refractivity contribution in [1.29, 1.82) is 0 Å². The standard InChI is InChI=1S/C7H5ClF3NO2S/c8-15(13,14)6-3-4(7(9,10)11)1-2-5(6)12/h1-3H,12H2. The van der Waals surface area contributed by atoms with Gasteiger partial charge in [-0.05, 0) is 18.2 Å². The van der Waals surface area contributed by atoms with Crippen LogP contribution in [0.4, 0.5) is 18.9 Å². The molecular formula is C7H5ClF3NO2S. The van der Waals surface area contributed by atoms with Gasteiger partial charge >= 0.3 is 6.18 Å². The molecule has 0 unspecified atom stereocenters. The highest BCUT2D eigenvalue weighted by Crippen LogP contribution is 2.33. The zero-order valence-electron chi connectivity index (χ0n) is 7.05. The molecule has 0 aliphatic heterocycles. The highest BCUT2D eigenvalue weighted by molar-refractivity contribution is 8.13. The fourth-order valence-electron chi connectivity index (χ4n) is 0.922. The molecule has 0 bridgehead atoms. The van der Waals surface area contributed by atoms with Crippen LogP contribution < -0.4 is 5.73 Å². The van der Waals surface area contributed by atoms with Gasteiger partial charge in [0.05, 0.1) is 11.3 Å². The van der Waals surface area contributed by atoms with Crippen molar-refractivity contribution in [3.05, 3.63) is 23.8 Å². The molecule has 0 spiro atoms. The van der Waals surface area contributed by atoms with Crippen LogP contribution in [0.15, 0.2) is 23.1 Å². The summed E-state index contributed by atoms with van der Waals surface area (Å²) in [6.07, 6.45) is -4.63. The van der Waals surface area contributed by atoms with E-state index in [0.29, 0.717) is 12.1 Å². The Hall–Kier alpha value is -0.950. The Morgan fingerprint density at radius 2 is 1.80 bits per heavy atom. The first-order chi connectivity index (χ1) is 6.62. The van der Waals surface area contributed by atoms with Gasteiger partial charge in [0, 0.05) is 10.7 Å². The summed E-state index contributed by atoms with van der Waals surface area (Å²) in [5.41, 5.74) is 3.75. The van der Waals surface area contributed by atoms with E-state index in [0.717, 1.165) is 6.07 Å². The second-order valence-corrected chi connectivity index (χ2v) is 5.22. The highest BCUT2D eigenvalue weighted by atomic mass is 35.7. The van der Waals surface area contributed by atoms with Gasteiger partial charge in [-0.1, -0.05) is 0 Å². The van der Waals surface area contributed by atoms with Gasteiger partial charge < -0.3 is 5.73 Å². The number of halogens is 4. The van der Waals surface area contributed by atoms with Crippen molar-refractivity contribution in [3.8, 4) is 0 Å². The van der Waals surface area contributed by atoms with Gasteiger partial charge in [-0.25, -0.2) is 8.42 Å². The van der Waals surface area contributed by atoms with E-state index in [1.807, 2.05) is 0 Å². The molecule has 0 aliphatic carbocycles. The molecule has 0 amide bonds. The van der Waals surface area contributed by atoms with Crippen molar-refractivity contribution in [1.82, 2.24) is 0 Å². The maximum Gasteiger partial charge on any atom is 0.416 e. The number of anilines is 1. The SMILES string of the molecule is Nc1ccc(C(F)(F)F)cc1S(=O)(=O)Cl. The average molecular weight is 260 g/mol. The largest absolute Gasteiger partial charge is 0.416 e. The quantitative estimate of drug-likeness (QED) is 0.621. The van der Waals surface area contributed by atoms with Crippen molar-refractivity contribution in [2.24, 2.45) is 0 Å². The van der Waals surface area contributed by atoms with Gasteiger partial charge in [-0.3, -0.25) is 0 Å². The second-order valence-electron chi connectivity index (χ2n) is 2.69. The molecule has 0 saturated carbocycles. The molecule has 2 N–H and O–H groups in total. The van der Waals surface area contributed by atoms with Crippen LogP contribution in [-0.2, 0) is 15.2 Å². The normalized spacial score (nSPS) is 12.8. The van der Waals surface area contributed by atoms with E-state index in [4.69, 9.17) is 16.4 Å². The fourth-order valence-corrected chi connectivity index (χ4v) is 1.94. The predicted octanol–water partition coefficient (Wildman–Crippen LogP) is 2.22. The number of rotatable bonds is 1. The molecule has 0 saturated heterocycles. The number of hydrogen-bond acceptors (Lipinski definition) is 3. The van der Waals surface area contributed by atoms with Crippen LogP contribution in [0, 0.1) is 0 Å². The average Bonchev–Trinajstić information content (AvgIpc) is 2.00. The van der Waals surface area contributed by atoms with Crippen LogP contribution in [0.25, 0.3) is 0 Å². The molecule has 0 aromatic heterocycles. The van der Waals surface area contributed by atoms with Crippen molar-refractivity contribution in [3.63, 3.8) is 0 Å². The van der Waals surface area contributed by atoms with E-state index in [1.165, 1.54) is 0 Å². The summed E-state index contributed by atoms with van der Waals surface area (Å²) >= 11 is 0. The Morgan fingerprint density at radius 3 is 2.20 bits per heavy atom. The Kier molecular flexibility index (Phi) is 2.88. The predicted molar refractivity (Wildman–Crippen MR) is 48.9 cm³/mol. The Balaban J connectivity index is 3.43. The van der Waals surface area contributed by atoms with Crippen molar-refractivity contribution >= 4 is 25.4 Å². The second kappa shape index (κ2) is 3.57. The number of benzene rings is 1. The molecule has 0 aliphatic rings. The Morgan fingerprint density at radius 1 is 1.27 bits per heavy atom. The molecule has 8 heteroatoms. The monoisotopic (exact) mass is 259 g/mol. The molecule has 15 heavy (non-hydrogen) atoms. The maximum atomic E-state index is 12.2. The van der Waals surface area contributed by atoms with Gasteiger partial charge in [0.1, 0.15) is 4.90 Å². The lowest BCUT2D eigenvalue weighted by molar-refractivity contribution is -0.137. The summed E-state index contributed by atoms with van der Waals surface area (Å²) in [6.45, 7) is 0. The van der Waals surface area contributed by atoms with Crippen molar-refractivity contribution < 1.29 is 21.6 Å². The summed E-state index contributed by atoms with van der Waals surface area (Å²) in [4.78, 5) is -0.737. The third-order valence-electron chi connectivity index (χ3n) is 1.60. The first-order valence-corrected chi connectivity index (χ1v) is 5.84. The molecule has 0 atom stereocenters. The first kappa shape index (κ1) is 12.1. The number of hydrogen-bond donors (Lipinski definition) is 1. The molecule has 1 aromatic carbocycles. The highest BCUT2D eigenvalue weighted by Gasteiger charge is 2.32. The van der Waals surface area contributed by atoms with E-state index in [2.05, 4.69) is 0 Å². The van der Waals surface area contributed by atoms with Crippen LogP contribution in [-0.4, -0.2) is 8.42 Å². The van der Waals surface area contributed by atoms with Gasteiger partial charge in [0.15, 0.2) is 0 Å². The number of nitrogen functional groups attached to an aromatic ring is 1. The van der Waals surface area contributed by atoms with Crippen LogP contribution in [0.1, 0.15) is 5.56 Å². The van der Waals surface area contributed by atoms with E-state index >= 15 is 0 Å². The summed E-state index contributed by atoms with van der Waals surface area (Å²) in [5, 5.41) is 0. The molecule has 1 rings (SSSR count). The van der Waals surface area contributed by atoms with E-state index in [9.17, 15) is 21.6 Å². The minimum absolute atomic E-state index is 0.321. The van der Waals surface area contributed by atoms with E-state index in [-0.39, 0.29) is 5.69 Å². The van der Waals surface area contributed by atoms with Crippen molar-refractivity contribution in [2.45, 2.75) is 11.1 Å². The molecule has 0 radical (unpaired) electrons. The molecule has 0 heterocycles. The van der Waals surface area contributed by atoms with Crippen LogP contribution in [0.5, 0.6) is 0 Å². The summed E-state index contributed by atoms with van der Waals surface area (Å²) in [5.74, 6) is 0. The molecule has 0 fully saturated rings. The molecule has 84 valence electrons. The van der Waals surface area contributed by atoms with Gasteiger partial charge in [-0.2, -0.15) is 13.2 Å². The third kappa shape index (κ3) is 2.75. The van der Waals surface area contributed by atoms with Crippen molar-refractivity contribution in [2.75, 3.05) is 5.73 Å². The topological polar surface area (TPSA) is 60.2 Å². The zero-order chi connectivity index (χ0) is 11.9. The maximum absolute atomic E-state index is 12.2. The van der Waals surface area contributed by atoms with Gasteiger partial charge in [0.25, 0.3) is 9.05 Å². The van der Waals surface area contributed by atoms with E-state index < -0.39 is 25.7 Å². The Labute approximate surface area is 88.1 Å². The smallest absolute Gasteiger partial charge is 0.398 e. The minimum Gasteiger partial charge on any atom is -0.398 e. The van der Waals surface area contributed by atoms with Crippen LogP contribution in [0.2, 0.25) is 0 Å². The molecule has 1 aromatic rings. The Bertz CT molecular complexity index is 483. The summed E-state index contributed by atoms with van der Waals surface area (Å²) < 4.78 is 58.3. The summed E-state index contributed by atoms with van der Waals surface area (Å²) in [6, 6.07) is 1.93. The van der Waals surface area contributed by atoms with Crippen LogP contribution in [0.3, 0.4) is 0 Å². The van der Waals surface area contributed by atoms with Crippen LogP contribution >= 0.6 is 10.7 Å². The molecular weight excluding hydrogens is 255 g/mol. The number of alkyl halides is 3. The van der Waals surface area contributed by atoms with Gasteiger partial charge in [0.2, 0.25) is 0 Å². The lowest BCUT2D eigenvalue weighted by Gasteiger charge is -2.08. The third-order valence-corrected chi connectivity index (χ3v) is 2.98. The summed E-state index contributed by atoms with van der Waals surface area (Å²) in [7, 11) is 0.642. The first-order valence-electron chi connectivity index (χ1n) is 3.54. The lowest BCUT2D eigenvalue weighted by Crippen LogP contribution is -2.07.